The maximum atomic E-state index is 13.4. The molecule has 6 atom stereocenters. The number of anilines is 1. The first-order valence-corrected chi connectivity index (χ1v) is 17.4. The van der Waals surface area contributed by atoms with E-state index in [1.165, 1.54) is 11.1 Å². The Hall–Kier alpha value is -2.62. The van der Waals surface area contributed by atoms with Gasteiger partial charge in [0.05, 0.1) is 17.5 Å². The summed E-state index contributed by atoms with van der Waals surface area (Å²) in [5.74, 6) is -0.425. The van der Waals surface area contributed by atoms with E-state index in [-0.39, 0.29) is 35.2 Å². The molecule has 8 nitrogen and oxygen atoms in total. The molecule has 2 aliphatic heterocycles. The highest BCUT2D eigenvalue weighted by Crippen LogP contribution is 2.48. The van der Waals surface area contributed by atoms with Crippen LogP contribution in [-0.4, -0.2) is 56.3 Å². The van der Waals surface area contributed by atoms with Gasteiger partial charge in [-0.15, -0.1) is 0 Å². The minimum absolute atomic E-state index is 0.0774. The van der Waals surface area contributed by atoms with Crippen LogP contribution < -0.4 is 14.4 Å². The molecule has 6 rings (SSSR count). The van der Waals surface area contributed by atoms with Gasteiger partial charge < -0.3 is 19.5 Å². The Morgan fingerprint density at radius 3 is 2.65 bits per heavy atom. The number of halogens is 1. The lowest BCUT2D eigenvalue weighted by Gasteiger charge is -2.48. The number of aldehydes is 1. The third kappa shape index (κ3) is 5.57. The molecule has 43 heavy (non-hydrogen) atoms. The highest BCUT2D eigenvalue weighted by molar-refractivity contribution is 7.90. The zero-order valence-electron chi connectivity index (χ0n) is 24.9. The number of hydrogen-bond donors (Lipinski definition) is 2. The highest BCUT2D eigenvalue weighted by atomic mass is 35.5. The average Bonchev–Trinajstić information content (AvgIpc) is 3.11. The Balaban J connectivity index is 1.44. The summed E-state index contributed by atoms with van der Waals surface area (Å²) in [6, 6.07) is 11.2. The SMILES string of the molecule is C[C@@H]1[C@@H](C)CCC[C@](O)(C=O)[C@@H]2CC[C@H]2CN2C[C@@]3(CCCc4cc(Cl)ccc43)COc3ccc(cc32)C(=O)NS1(=O)=O. The number of fused-ring (bicyclic) bond motifs is 4. The molecule has 2 N–H and O–H groups in total. The first-order valence-electron chi connectivity index (χ1n) is 15.5. The molecule has 1 saturated carbocycles. The van der Waals surface area contributed by atoms with Crippen molar-refractivity contribution in [3.05, 3.63) is 58.1 Å². The van der Waals surface area contributed by atoms with E-state index in [2.05, 4.69) is 15.7 Å². The first-order chi connectivity index (χ1) is 20.4. The molecule has 4 aliphatic rings. The Morgan fingerprint density at radius 1 is 1.09 bits per heavy atom. The second-order valence-corrected chi connectivity index (χ2v) is 15.9. The summed E-state index contributed by atoms with van der Waals surface area (Å²) in [6.07, 6.45) is 6.50. The maximum Gasteiger partial charge on any atom is 0.264 e. The number of sulfonamides is 1. The summed E-state index contributed by atoms with van der Waals surface area (Å²) in [6.45, 7) is 5.08. The van der Waals surface area contributed by atoms with E-state index < -0.39 is 26.8 Å². The van der Waals surface area contributed by atoms with Crippen molar-refractivity contribution in [1.82, 2.24) is 4.72 Å². The van der Waals surface area contributed by atoms with Crippen LogP contribution in [0.3, 0.4) is 0 Å². The molecular weight excluding hydrogens is 588 g/mol. The van der Waals surface area contributed by atoms with Gasteiger partial charge in [-0.25, -0.2) is 13.1 Å². The Morgan fingerprint density at radius 2 is 1.91 bits per heavy atom. The van der Waals surface area contributed by atoms with E-state index >= 15 is 0 Å². The van der Waals surface area contributed by atoms with E-state index in [1.54, 1.807) is 25.1 Å². The van der Waals surface area contributed by atoms with Crippen LogP contribution in [0.4, 0.5) is 5.69 Å². The lowest BCUT2D eigenvalue weighted by Crippen LogP contribution is -2.53. The van der Waals surface area contributed by atoms with Crippen molar-refractivity contribution < 1.29 is 27.9 Å². The van der Waals surface area contributed by atoms with Crippen LogP contribution in [0.1, 0.15) is 80.3 Å². The fourth-order valence-corrected chi connectivity index (χ4v) is 9.35. The molecule has 2 bridgehead atoms. The fourth-order valence-electron chi connectivity index (χ4n) is 7.84. The number of aryl methyl sites for hydroxylation is 1. The van der Waals surface area contributed by atoms with Gasteiger partial charge in [0.25, 0.3) is 5.91 Å². The van der Waals surface area contributed by atoms with Crippen LogP contribution >= 0.6 is 11.6 Å². The smallest absolute Gasteiger partial charge is 0.264 e. The minimum Gasteiger partial charge on any atom is -0.490 e. The van der Waals surface area contributed by atoms with Gasteiger partial charge in [0.15, 0.2) is 6.29 Å². The van der Waals surface area contributed by atoms with Gasteiger partial charge in [0.2, 0.25) is 10.0 Å². The summed E-state index contributed by atoms with van der Waals surface area (Å²) >= 11 is 6.38. The van der Waals surface area contributed by atoms with E-state index in [4.69, 9.17) is 16.3 Å². The van der Waals surface area contributed by atoms with Crippen molar-refractivity contribution in [2.75, 3.05) is 24.6 Å². The topological polar surface area (TPSA) is 113 Å². The normalized spacial score (nSPS) is 34.0. The molecule has 0 radical (unpaired) electrons. The second-order valence-electron chi connectivity index (χ2n) is 13.4. The molecule has 0 unspecified atom stereocenters. The lowest BCUT2D eigenvalue weighted by molar-refractivity contribution is -0.140. The summed E-state index contributed by atoms with van der Waals surface area (Å²) in [7, 11) is -3.97. The zero-order valence-corrected chi connectivity index (χ0v) is 26.4. The van der Waals surface area contributed by atoms with Crippen LogP contribution in [0.5, 0.6) is 5.75 Å². The molecule has 232 valence electrons. The third-order valence-corrected chi connectivity index (χ3v) is 12.9. The number of carbonyl (C=O) groups is 2. The number of nitrogens with one attached hydrogen (secondary N) is 1. The maximum absolute atomic E-state index is 13.4. The number of benzene rings is 2. The van der Waals surface area contributed by atoms with E-state index in [9.17, 15) is 23.1 Å². The molecule has 1 spiro atoms. The monoisotopic (exact) mass is 628 g/mol. The van der Waals surface area contributed by atoms with Crippen LogP contribution in [0.15, 0.2) is 36.4 Å². The van der Waals surface area contributed by atoms with Crippen molar-refractivity contribution in [1.29, 1.82) is 0 Å². The van der Waals surface area contributed by atoms with Gasteiger partial charge >= 0.3 is 0 Å². The van der Waals surface area contributed by atoms with Crippen LogP contribution in [0, 0.1) is 17.8 Å². The van der Waals surface area contributed by atoms with Crippen molar-refractivity contribution in [2.45, 2.75) is 81.5 Å². The number of rotatable bonds is 1. The van der Waals surface area contributed by atoms with Crippen molar-refractivity contribution in [3.63, 3.8) is 0 Å². The van der Waals surface area contributed by atoms with E-state index in [0.717, 1.165) is 37.8 Å². The standard InChI is InChI=1S/C33H41ClN2O6S/c1-21-5-3-14-33(39,19-37)28-10-7-25(28)17-36-18-32(13-4-6-23-15-26(34)9-11-27(23)32)20-42-30-12-8-24(16-29(30)36)31(38)35-43(40,41)22(21)2/h8-9,11-12,15-16,19,21-22,25,28,39H,3-7,10,13-14,17-18,20H2,1-2H3,(H,35,38)/t21-,22+,25-,28+,32-,33-/m0/s1. The third-order valence-electron chi connectivity index (χ3n) is 10.8. The molecule has 10 heteroatoms. The lowest BCUT2D eigenvalue weighted by atomic mass is 9.63. The van der Waals surface area contributed by atoms with Gasteiger partial charge in [-0.05, 0) is 118 Å². The number of nitrogens with zero attached hydrogens (tertiary/aromatic N) is 1. The molecule has 0 saturated heterocycles. The highest BCUT2D eigenvalue weighted by Gasteiger charge is 2.49. The van der Waals surface area contributed by atoms with Gasteiger partial charge in [-0.1, -0.05) is 24.6 Å². The predicted molar refractivity (Wildman–Crippen MR) is 166 cm³/mol. The van der Waals surface area contributed by atoms with Crippen LogP contribution in [0.25, 0.3) is 0 Å². The molecule has 2 aromatic rings. The average molecular weight is 629 g/mol. The zero-order chi connectivity index (χ0) is 30.6. The number of aliphatic hydroxyl groups is 1. The number of amides is 1. The Bertz CT molecular complexity index is 1530. The fraction of sp³-hybridized carbons (Fsp3) is 0.576. The summed E-state index contributed by atoms with van der Waals surface area (Å²) < 4.78 is 35.2. The quantitative estimate of drug-likeness (QED) is 0.426. The molecule has 2 aliphatic carbocycles. The number of hydrogen-bond acceptors (Lipinski definition) is 7. The van der Waals surface area contributed by atoms with E-state index in [0.29, 0.717) is 49.6 Å². The summed E-state index contributed by atoms with van der Waals surface area (Å²) in [5, 5.41) is 11.5. The van der Waals surface area contributed by atoms with Gasteiger partial charge in [-0.3, -0.25) is 4.79 Å². The Labute approximate surface area is 259 Å². The molecule has 0 aromatic heterocycles. The minimum atomic E-state index is -3.97. The first kappa shape index (κ1) is 30.4. The summed E-state index contributed by atoms with van der Waals surface area (Å²) in [5.41, 5.74) is 1.60. The van der Waals surface area contributed by atoms with Crippen molar-refractivity contribution in [2.24, 2.45) is 17.8 Å². The van der Waals surface area contributed by atoms with E-state index in [1.807, 2.05) is 19.1 Å². The van der Waals surface area contributed by atoms with Gasteiger partial charge in [0, 0.05) is 29.1 Å². The van der Waals surface area contributed by atoms with Gasteiger partial charge in [0.1, 0.15) is 11.4 Å². The number of ether oxygens (including phenoxy) is 1. The van der Waals surface area contributed by atoms with Crippen molar-refractivity contribution >= 4 is 39.5 Å². The molecular formula is C33H41ClN2O6S. The van der Waals surface area contributed by atoms with Crippen molar-refractivity contribution in [3.8, 4) is 5.75 Å². The molecule has 1 fully saturated rings. The van der Waals surface area contributed by atoms with Crippen LogP contribution in [0.2, 0.25) is 5.02 Å². The molecule has 2 heterocycles. The largest absolute Gasteiger partial charge is 0.490 e. The molecule has 1 amide bonds. The molecule has 2 aromatic carbocycles. The summed E-state index contributed by atoms with van der Waals surface area (Å²) in [4.78, 5) is 28.0. The second kappa shape index (κ2) is 11.4. The number of carbonyl (C=O) groups excluding carboxylic acids is 2. The van der Waals surface area contributed by atoms with Gasteiger partial charge in [-0.2, -0.15) is 0 Å². The predicted octanol–water partition coefficient (Wildman–Crippen LogP) is 5.04. The Kier molecular flexibility index (Phi) is 8.05. The van der Waals surface area contributed by atoms with Crippen LogP contribution in [-0.2, 0) is 26.7 Å².